The number of carbonyl (C=O) groups excluding carboxylic acids is 1. The number of nitrogens with zero attached hydrogens (tertiary/aromatic N) is 1. The van der Waals surface area contributed by atoms with Crippen LogP contribution in [0.1, 0.15) is 15.2 Å². The highest BCUT2D eigenvalue weighted by Gasteiger charge is 2.22. The van der Waals surface area contributed by atoms with Gasteiger partial charge in [-0.2, -0.15) is 0 Å². The molecule has 7 nitrogen and oxygen atoms in total. The fraction of sp³-hybridized carbons (Fsp3) is 0.182. The van der Waals surface area contributed by atoms with E-state index >= 15 is 0 Å². The summed E-state index contributed by atoms with van der Waals surface area (Å²) in [5, 5.41) is 11.1. The van der Waals surface area contributed by atoms with E-state index in [4.69, 9.17) is 42.5 Å². The Morgan fingerprint density at radius 3 is 2.44 bits per heavy atom. The van der Waals surface area contributed by atoms with Gasteiger partial charge < -0.3 is 24.2 Å². The predicted molar refractivity (Wildman–Crippen MR) is 122 cm³/mol. The molecular formula is C22H17Cl2NO6S. The third-order valence-corrected chi connectivity index (χ3v) is 6.04. The van der Waals surface area contributed by atoms with Crippen molar-refractivity contribution in [2.24, 2.45) is 0 Å². The Kier molecular flexibility index (Phi) is 6.74. The van der Waals surface area contributed by atoms with Gasteiger partial charge in [0.1, 0.15) is 13.2 Å². The largest absolute Gasteiger partial charge is 0.486 e. The van der Waals surface area contributed by atoms with Crippen molar-refractivity contribution in [1.29, 1.82) is 0 Å². The molecule has 10 heteroatoms. The van der Waals surface area contributed by atoms with Crippen molar-refractivity contribution in [1.82, 2.24) is 0 Å². The van der Waals surface area contributed by atoms with Gasteiger partial charge in [-0.15, -0.1) is 11.3 Å². The van der Waals surface area contributed by atoms with Gasteiger partial charge in [-0.05, 0) is 35.7 Å². The van der Waals surface area contributed by atoms with Crippen molar-refractivity contribution in [2.75, 3.05) is 24.7 Å². The number of thiophene rings is 1. The molecular weight excluding hydrogens is 477 g/mol. The van der Waals surface area contributed by atoms with Crippen molar-refractivity contribution in [2.45, 2.75) is 6.54 Å². The van der Waals surface area contributed by atoms with Crippen LogP contribution in [0, 0.1) is 0 Å². The summed E-state index contributed by atoms with van der Waals surface area (Å²) in [7, 11) is 0. The molecule has 0 spiro atoms. The van der Waals surface area contributed by atoms with E-state index < -0.39 is 5.97 Å². The highest BCUT2D eigenvalue weighted by atomic mass is 35.5. The third kappa shape index (κ3) is 4.93. The molecule has 0 aliphatic carbocycles. The standard InChI is InChI=1S/C22H17Cl2NO6S/c23-16-8-13(22(27)28)9-17(24)21(16)31-12-20(26)25(11-15-2-1-7-32-15)14-3-4-18-19(10-14)30-6-5-29-18/h1-4,7-10H,5-6,11-12H2,(H,27,28). The molecule has 1 N–H and O–H groups in total. The van der Waals surface area contributed by atoms with E-state index in [1.165, 1.54) is 23.5 Å². The van der Waals surface area contributed by atoms with Crippen LogP contribution in [0.25, 0.3) is 0 Å². The number of carboxylic acids is 1. The van der Waals surface area contributed by atoms with Crippen molar-refractivity contribution < 1.29 is 28.9 Å². The molecule has 0 atom stereocenters. The molecule has 0 fully saturated rings. The minimum absolute atomic E-state index is 0.00633. The van der Waals surface area contributed by atoms with Crippen LogP contribution in [0.5, 0.6) is 17.2 Å². The Morgan fingerprint density at radius 2 is 1.78 bits per heavy atom. The van der Waals surface area contributed by atoms with Crippen molar-refractivity contribution in [3.8, 4) is 17.2 Å². The van der Waals surface area contributed by atoms with Crippen LogP contribution in [0.15, 0.2) is 47.8 Å². The summed E-state index contributed by atoms with van der Waals surface area (Å²) in [4.78, 5) is 26.9. The van der Waals surface area contributed by atoms with Crippen LogP contribution in [-0.2, 0) is 11.3 Å². The molecule has 0 saturated carbocycles. The number of aromatic carboxylic acids is 1. The number of ether oxygens (including phenoxy) is 3. The number of amides is 1. The van der Waals surface area contributed by atoms with Gasteiger partial charge >= 0.3 is 5.97 Å². The first-order valence-electron chi connectivity index (χ1n) is 9.50. The van der Waals surface area contributed by atoms with Gasteiger partial charge in [-0.3, -0.25) is 4.79 Å². The number of carboxylic acid groups (broad SMARTS) is 1. The summed E-state index contributed by atoms with van der Waals surface area (Å²) >= 11 is 13.8. The van der Waals surface area contributed by atoms with E-state index in [1.54, 1.807) is 23.1 Å². The molecule has 1 aromatic heterocycles. The lowest BCUT2D eigenvalue weighted by molar-refractivity contribution is -0.120. The van der Waals surface area contributed by atoms with Crippen molar-refractivity contribution >= 4 is 52.1 Å². The fourth-order valence-electron chi connectivity index (χ4n) is 3.11. The summed E-state index contributed by atoms with van der Waals surface area (Å²) in [6, 6.07) is 11.6. The summed E-state index contributed by atoms with van der Waals surface area (Å²) in [5.41, 5.74) is 0.545. The van der Waals surface area contributed by atoms with Gasteiger partial charge in [-0.25, -0.2) is 4.79 Å². The second-order valence-electron chi connectivity index (χ2n) is 6.75. The molecule has 2 heterocycles. The lowest BCUT2D eigenvalue weighted by Gasteiger charge is -2.25. The van der Waals surface area contributed by atoms with Crippen molar-refractivity contribution in [3.05, 3.63) is 68.3 Å². The average molecular weight is 494 g/mol. The molecule has 0 radical (unpaired) electrons. The van der Waals surface area contributed by atoms with Gasteiger partial charge in [0, 0.05) is 16.6 Å². The number of hydrogen-bond donors (Lipinski definition) is 1. The van der Waals surface area contributed by atoms with Gasteiger partial charge in [0.05, 0.1) is 22.2 Å². The van der Waals surface area contributed by atoms with Crippen LogP contribution in [0.2, 0.25) is 10.0 Å². The second-order valence-corrected chi connectivity index (χ2v) is 8.60. The van der Waals surface area contributed by atoms with Gasteiger partial charge in [0.15, 0.2) is 23.9 Å². The zero-order valence-electron chi connectivity index (χ0n) is 16.5. The van der Waals surface area contributed by atoms with E-state index in [-0.39, 0.29) is 33.9 Å². The Bertz CT molecular complexity index is 1130. The van der Waals surface area contributed by atoms with E-state index in [9.17, 15) is 9.59 Å². The highest BCUT2D eigenvalue weighted by Crippen LogP contribution is 2.36. The zero-order chi connectivity index (χ0) is 22.7. The Balaban J connectivity index is 1.57. The molecule has 32 heavy (non-hydrogen) atoms. The molecule has 1 aliphatic heterocycles. The van der Waals surface area contributed by atoms with Crippen LogP contribution < -0.4 is 19.1 Å². The monoisotopic (exact) mass is 493 g/mol. The quantitative estimate of drug-likeness (QED) is 0.490. The average Bonchev–Trinajstić information content (AvgIpc) is 3.29. The molecule has 0 bridgehead atoms. The molecule has 1 aliphatic rings. The maximum absolute atomic E-state index is 13.2. The molecule has 0 saturated heterocycles. The summed E-state index contributed by atoms with van der Waals surface area (Å²) < 4.78 is 16.8. The number of benzene rings is 2. The van der Waals surface area contributed by atoms with Crippen LogP contribution >= 0.6 is 34.5 Å². The first-order chi connectivity index (χ1) is 15.4. The number of fused-ring (bicyclic) bond motifs is 1. The van der Waals surface area contributed by atoms with Gasteiger partial charge in [-0.1, -0.05) is 29.3 Å². The lowest BCUT2D eigenvalue weighted by atomic mass is 10.2. The van der Waals surface area contributed by atoms with Crippen LogP contribution in [0.4, 0.5) is 5.69 Å². The smallest absolute Gasteiger partial charge is 0.335 e. The minimum Gasteiger partial charge on any atom is -0.486 e. The van der Waals surface area contributed by atoms with E-state index in [2.05, 4.69) is 0 Å². The van der Waals surface area contributed by atoms with Gasteiger partial charge in [0.25, 0.3) is 5.91 Å². The number of rotatable bonds is 7. The SMILES string of the molecule is O=C(O)c1cc(Cl)c(OCC(=O)N(Cc2cccs2)c2ccc3c(c2)OCCO3)c(Cl)c1. The zero-order valence-corrected chi connectivity index (χ0v) is 18.9. The molecule has 1 amide bonds. The lowest BCUT2D eigenvalue weighted by Crippen LogP contribution is -2.34. The summed E-state index contributed by atoms with van der Waals surface area (Å²) in [6.07, 6.45) is 0. The number of halogens is 2. The molecule has 4 rings (SSSR count). The molecule has 166 valence electrons. The van der Waals surface area contributed by atoms with Crippen molar-refractivity contribution in [3.63, 3.8) is 0 Å². The van der Waals surface area contributed by atoms with E-state index in [0.29, 0.717) is 36.9 Å². The number of anilines is 1. The summed E-state index contributed by atoms with van der Waals surface area (Å²) in [6.45, 7) is 0.882. The molecule has 0 unspecified atom stereocenters. The second kappa shape index (κ2) is 9.68. The van der Waals surface area contributed by atoms with Crippen LogP contribution in [0.3, 0.4) is 0 Å². The maximum Gasteiger partial charge on any atom is 0.335 e. The predicted octanol–water partition coefficient (Wildman–Crippen LogP) is 5.14. The van der Waals surface area contributed by atoms with E-state index in [1.807, 2.05) is 17.5 Å². The highest BCUT2D eigenvalue weighted by molar-refractivity contribution is 7.09. The third-order valence-electron chi connectivity index (χ3n) is 4.62. The first kappa shape index (κ1) is 22.3. The summed E-state index contributed by atoms with van der Waals surface area (Å²) in [5.74, 6) is -0.280. The van der Waals surface area contributed by atoms with E-state index in [0.717, 1.165) is 4.88 Å². The van der Waals surface area contributed by atoms with Gasteiger partial charge in [0.2, 0.25) is 0 Å². The normalized spacial score (nSPS) is 12.3. The Hall–Kier alpha value is -2.94. The Labute approximate surface area is 197 Å². The number of hydrogen-bond acceptors (Lipinski definition) is 6. The number of carbonyl (C=O) groups is 2. The van der Waals surface area contributed by atoms with Crippen LogP contribution in [-0.4, -0.2) is 36.8 Å². The minimum atomic E-state index is -1.17. The fourth-order valence-corrected chi connectivity index (χ4v) is 4.40. The maximum atomic E-state index is 13.2. The molecule has 3 aromatic rings. The first-order valence-corrected chi connectivity index (χ1v) is 11.1. The molecule has 2 aromatic carbocycles. The topological polar surface area (TPSA) is 85.3 Å². The Morgan fingerprint density at radius 1 is 1.06 bits per heavy atom.